The van der Waals surface area contributed by atoms with E-state index in [0.29, 0.717) is 24.5 Å². The lowest BCUT2D eigenvalue weighted by Gasteiger charge is -2.26. The first kappa shape index (κ1) is 23.0. The molecule has 9 heteroatoms. The molecule has 168 valence electrons. The third kappa shape index (κ3) is 4.62. The minimum absolute atomic E-state index is 0.0493. The number of carbonyl (C=O) groups excluding carboxylic acids is 2. The second-order valence-electron chi connectivity index (χ2n) is 7.60. The molecule has 1 fully saturated rings. The lowest BCUT2D eigenvalue weighted by molar-refractivity contribution is -0.384. The van der Waals surface area contributed by atoms with Gasteiger partial charge in [0.15, 0.2) is 0 Å². The number of aliphatic hydroxyl groups excluding tert-OH is 1. The van der Waals surface area contributed by atoms with Gasteiger partial charge in [0.1, 0.15) is 11.5 Å². The van der Waals surface area contributed by atoms with Crippen molar-refractivity contribution in [3.8, 4) is 5.75 Å². The van der Waals surface area contributed by atoms with E-state index in [0.717, 1.165) is 0 Å². The van der Waals surface area contributed by atoms with Crippen molar-refractivity contribution in [1.82, 2.24) is 9.80 Å². The van der Waals surface area contributed by atoms with E-state index in [1.54, 1.807) is 24.3 Å². The van der Waals surface area contributed by atoms with Crippen molar-refractivity contribution in [3.05, 3.63) is 75.3 Å². The van der Waals surface area contributed by atoms with Crippen LogP contribution in [0, 0.1) is 10.1 Å². The van der Waals surface area contributed by atoms with Crippen molar-refractivity contribution in [2.75, 3.05) is 33.8 Å². The Morgan fingerprint density at radius 2 is 1.75 bits per heavy atom. The number of carbonyl (C=O) groups is 2. The quantitative estimate of drug-likeness (QED) is 0.221. The summed E-state index contributed by atoms with van der Waals surface area (Å²) in [6.07, 6.45) is 0. The summed E-state index contributed by atoms with van der Waals surface area (Å²) < 4.78 is 5.48. The van der Waals surface area contributed by atoms with Crippen molar-refractivity contribution in [3.63, 3.8) is 0 Å². The van der Waals surface area contributed by atoms with Crippen molar-refractivity contribution >= 4 is 23.1 Å². The highest BCUT2D eigenvalue weighted by Gasteiger charge is 2.45. The number of amides is 1. The number of ether oxygens (including phenoxy) is 1. The molecule has 2 aromatic carbocycles. The molecule has 1 saturated heterocycles. The van der Waals surface area contributed by atoms with Gasteiger partial charge in [0.25, 0.3) is 17.4 Å². The van der Waals surface area contributed by atoms with E-state index in [1.165, 1.54) is 29.2 Å². The monoisotopic (exact) mass is 439 g/mol. The average Bonchev–Trinajstić information content (AvgIpc) is 3.02. The summed E-state index contributed by atoms with van der Waals surface area (Å²) in [4.78, 5) is 39.5. The normalized spacial score (nSPS) is 17.8. The highest BCUT2D eigenvalue weighted by atomic mass is 16.6. The fourth-order valence-electron chi connectivity index (χ4n) is 3.57. The lowest BCUT2D eigenvalue weighted by atomic mass is 9.95. The van der Waals surface area contributed by atoms with Crippen molar-refractivity contribution in [1.29, 1.82) is 0 Å². The summed E-state index contributed by atoms with van der Waals surface area (Å²) in [7, 11) is 3.72. The fourth-order valence-corrected chi connectivity index (χ4v) is 3.57. The Bertz CT molecular complexity index is 1040. The predicted octanol–water partition coefficient (Wildman–Crippen LogP) is 2.98. The van der Waals surface area contributed by atoms with Crippen molar-refractivity contribution < 1.29 is 24.4 Å². The van der Waals surface area contributed by atoms with E-state index in [4.69, 9.17) is 4.74 Å². The molecule has 0 bridgehead atoms. The molecule has 3 rings (SSSR count). The van der Waals surface area contributed by atoms with Crippen LogP contribution in [0.5, 0.6) is 5.75 Å². The van der Waals surface area contributed by atoms with E-state index in [1.807, 2.05) is 25.9 Å². The maximum atomic E-state index is 12.9. The van der Waals surface area contributed by atoms with E-state index in [-0.39, 0.29) is 29.1 Å². The Morgan fingerprint density at radius 3 is 2.28 bits per heavy atom. The number of hydrogen-bond acceptors (Lipinski definition) is 7. The van der Waals surface area contributed by atoms with Crippen molar-refractivity contribution in [2.45, 2.75) is 13.0 Å². The van der Waals surface area contributed by atoms with Gasteiger partial charge in [-0.25, -0.2) is 0 Å². The zero-order chi connectivity index (χ0) is 23.4. The first-order valence-corrected chi connectivity index (χ1v) is 10.1. The third-order valence-corrected chi connectivity index (χ3v) is 5.19. The summed E-state index contributed by atoms with van der Waals surface area (Å²) in [5.41, 5.74) is 0.676. The van der Waals surface area contributed by atoms with Gasteiger partial charge in [-0.15, -0.1) is 0 Å². The molecular weight excluding hydrogens is 414 g/mol. The van der Waals surface area contributed by atoms with Gasteiger partial charge in [0.05, 0.1) is 23.1 Å². The number of likely N-dealkylation sites (N-methyl/N-ethyl adjacent to an activating group) is 1. The minimum atomic E-state index is -0.793. The molecule has 1 heterocycles. The number of nitrogens with zero attached hydrogens (tertiary/aromatic N) is 3. The maximum absolute atomic E-state index is 12.9. The second-order valence-corrected chi connectivity index (χ2v) is 7.60. The van der Waals surface area contributed by atoms with E-state index in [9.17, 15) is 24.8 Å². The number of non-ortho nitro benzene ring substituents is 1. The number of nitro groups is 1. The van der Waals surface area contributed by atoms with E-state index >= 15 is 0 Å². The average molecular weight is 439 g/mol. The summed E-state index contributed by atoms with van der Waals surface area (Å²) in [5.74, 6) is -1.21. The predicted molar refractivity (Wildman–Crippen MR) is 118 cm³/mol. The van der Waals surface area contributed by atoms with Crippen LogP contribution in [0.15, 0.2) is 54.1 Å². The Labute approximate surface area is 185 Å². The highest BCUT2D eigenvalue weighted by Crippen LogP contribution is 2.39. The number of Topliss-reactive ketones (excluding diaryl/α,β-unsaturated/α-hetero) is 1. The van der Waals surface area contributed by atoms with Crippen LogP contribution in [0.3, 0.4) is 0 Å². The minimum Gasteiger partial charge on any atom is -0.507 e. The SMILES string of the molecule is CCOc1ccc(C2/C(=C(/O)c3ccc([N+](=O)[O-])cc3)C(=O)C(=O)N2CCN(C)C)cc1. The van der Waals surface area contributed by atoms with Crippen LogP contribution in [-0.4, -0.2) is 65.3 Å². The third-order valence-electron chi connectivity index (χ3n) is 5.19. The van der Waals surface area contributed by atoms with Gasteiger partial charge in [-0.2, -0.15) is 0 Å². The molecule has 32 heavy (non-hydrogen) atoms. The van der Waals surface area contributed by atoms with Crippen LogP contribution in [0.25, 0.3) is 5.76 Å². The van der Waals surface area contributed by atoms with Gasteiger partial charge < -0.3 is 19.6 Å². The van der Waals surface area contributed by atoms with Gasteiger partial charge in [0.2, 0.25) is 0 Å². The number of likely N-dealkylation sites (tertiary alicyclic amines) is 1. The standard InChI is InChI=1S/C23H25N3O6/c1-4-32-18-11-7-15(8-12-18)20-19(22(28)23(29)25(20)14-13-24(2)3)21(27)16-5-9-17(10-6-16)26(30)31/h5-12,20,27H,4,13-14H2,1-3H3/b21-19-. The summed E-state index contributed by atoms with van der Waals surface area (Å²) in [5, 5.41) is 21.9. The number of hydrogen-bond donors (Lipinski definition) is 1. The van der Waals surface area contributed by atoms with Gasteiger partial charge >= 0.3 is 0 Å². The van der Waals surface area contributed by atoms with Crippen LogP contribution in [0.4, 0.5) is 5.69 Å². The number of nitro benzene ring substituents is 1. The first-order valence-electron chi connectivity index (χ1n) is 10.1. The molecule has 1 aliphatic heterocycles. The molecule has 0 spiro atoms. The molecule has 1 N–H and O–H groups in total. The molecule has 1 amide bonds. The Hall–Kier alpha value is -3.72. The molecule has 1 aliphatic rings. The Balaban J connectivity index is 2.09. The molecule has 0 aromatic heterocycles. The summed E-state index contributed by atoms with van der Waals surface area (Å²) >= 11 is 0. The topological polar surface area (TPSA) is 113 Å². The number of benzene rings is 2. The molecule has 0 aliphatic carbocycles. The largest absolute Gasteiger partial charge is 0.507 e. The first-order chi connectivity index (χ1) is 15.2. The van der Waals surface area contributed by atoms with Crippen LogP contribution < -0.4 is 4.74 Å². The molecule has 0 saturated carbocycles. The fraction of sp³-hybridized carbons (Fsp3) is 0.304. The van der Waals surface area contributed by atoms with E-state index < -0.39 is 22.7 Å². The molecular formula is C23H25N3O6. The Kier molecular flexibility index (Phi) is 6.89. The van der Waals surface area contributed by atoms with E-state index in [2.05, 4.69) is 0 Å². The molecule has 0 radical (unpaired) electrons. The summed E-state index contributed by atoms with van der Waals surface area (Å²) in [6, 6.07) is 11.4. The number of ketones is 1. The van der Waals surface area contributed by atoms with Crippen molar-refractivity contribution in [2.24, 2.45) is 0 Å². The summed E-state index contributed by atoms with van der Waals surface area (Å²) in [6.45, 7) is 3.18. The van der Waals surface area contributed by atoms with Crippen LogP contribution in [-0.2, 0) is 9.59 Å². The Morgan fingerprint density at radius 1 is 1.12 bits per heavy atom. The zero-order valence-corrected chi connectivity index (χ0v) is 18.1. The zero-order valence-electron chi connectivity index (χ0n) is 18.1. The number of rotatable bonds is 8. The van der Waals surface area contributed by atoms with Crippen LogP contribution in [0.1, 0.15) is 24.1 Å². The maximum Gasteiger partial charge on any atom is 0.295 e. The van der Waals surface area contributed by atoms with Gasteiger partial charge in [0, 0.05) is 30.8 Å². The second kappa shape index (κ2) is 9.61. The molecule has 1 atom stereocenters. The van der Waals surface area contributed by atoms with Gasteiger partial charge in [-0.05, 0) is 50.8 Å². The molecule has 2 aromatic rings. The van der Waals surface area contributed by atoms with Crippen LogP contribution in [0.2, 0.25) is 0 Å². The van der Waals surface area contributed by atoms with Crippen LogP contribution >= 0.6 is 0 Å². The molecule has 9 nitrogen and oxygen atoms in total. The molecule has 1 unspecified atom stereocenters. The number of aliphatic hydroxyl groups is 1. The van der Waals surface area contributed by atoms with Gasteiger partial charge in [-0.1, -0.05) is 12.1 Å². The lowest BCUT2D eigenvalue weighted by Crippen LogP contribution is -2.35. The smallest absolute Gasteiger partial charge is 0.295 e. The highest BCUT2D eigenvalue weighted by molar-refractivity contribution is 6.46. The van der Waals surface area contributed by atoms with Gasteiger partial charge in [-0.3, -0.25) is 19.7 Å².